The Morgan fingerprint density at radius 2 is 1.96 bits per heavy atom. The van der Waals surface area contributed by atoms with Gasteiger partial charge in [0.25, 0.3) is 5.91 Å². The normalized spacial score (nSPS) is 12.0. The number of carbonyl (C=O) groups is 2. The third kappa shape index (κ3) is 3.28. The highest BCUT2D eigenvalue weighted by atomic mass is 16.4. The molecule has 1 heterocycles. The summed E-state index contributed by atoms with van der Waals surface area (Å²) in [5.74, 6) is -1.04. The number of hydrogen-bond acceptors (Lipinski definition) is 3. The highest BCUT2D eigenvalue weighted by Crippen LogP contribution is 2.25. The highest BCUT2D eigenvalue weighted by molar-refractivity contribution is 5.96. The Bertz CT molecular complexity index is 732. The van der Waals surface area contributed by atoms with Gasteiger partial charge >= 0.3 is 5.97 Å². The van der Waals surface area contributed by atoms with E-state index in [1.165, 1.54) is 6.07 Å². The molecule has 1 aromatic carbocycles. The molecule has 122 valence electrons. The Kier molecular flexibility index (Phi) is 4.89. The van der Waals surface area contributed by atoms with E-state index in [0.717, 1.165) is 11.1 Å². The SMILES string of the molecule is CCc1oc(C(=O)N(C)C(C)c2ccccc2C)cc1C(=O)O. The highest BCUT2D eigenvalue weighted by Gasteiger charge is 2.25. The van der Waals surface area contributed by atoms with Crippen LogP contribution >= 0.6 is 0 Å². The van der Waals surface area contributed by atoms with Gasteiger partial charge in [-0.15, -0.1) is 0 Å². The van der Waals surface area contributed by atoms with Crippen molar-refractivity contribution >= 4 is 11.9 Å². The van der Waals surface area contributed by atoms with E-state index >= 15 is 0 Å². The molecule has 0 spiro atoms. The fourth-order valence-corrected chi connectivity index (χ4v) is 2.59. The summed E-state index contributed by atoms with van der Waals surface area (Å²) in [7, 11) is 1.69. The molecule has 0 saturated heterocycles. The van der Waals surface area contributed by atoms with Gasteiger partial charge in [-0.2, -0.15) is 0 Å². The van der Waals surface area contributed by atoms with Crippen LogP contribution in [0.5, 0.6) is 0 Å². The van der Waals surface area contributed by atoms with Gasteiger partial charge in [0, 0.05) is 19.5 Å². The van der Waals surface area contributed by atoms with Gasteiger partial charge in [-0.3, -0.25) is 4.79 Å². The summed E-state index contributed by atoms with van der Waals surface area (Å²) in [6, 6.07) is 9.02. The lowest BCUT2D eigenvalue weighted by atomic mass is 10.0. The zero-order valence-corrected chi connectivity index (χ0v) is 13.8. The lowest BCUT2D eigenvalue weighted by Crippen LogP contribution is -2.29. The van der Waals surface area contributed by atoms with E-state index in [4.69, 9.17) is 9.52 Å². The summed E-state index contributed by atoms with van der Waals surface area (Å²) in [4.78, 5) is 25.4. The quantitative estimate of drug-likeness (QED) is 0.913. The van der Waals surface area contributed by atoms with Crippen LogP contribution in [-0.2, 0) is 6.42 Å². The molecule has 0 aliphatic heterocycles. The molecule has 1 atom stereocenters. The molecule has 5 nitrogen and oxygen atoms in total. The van der Waals surface area contributed by atoms with Gasteiger partial charge in [0.05, 0.1) is 6.04 Å². The van der Waals surface area contributed by atoms with Gasteiger partial charge in [0.15, 0.2) is 5.76 Å². The first-order chi connectivity index (χ1) is 10.9. The van der Waals surface area contributed by atoms with Crippen LogP contribution in [0, 0.1) is 6.92 Å². The van der Waals surface area contributed by atoms with Gasteiger partial charge in [-0.25, -0.2) is 4.79 Å². The molecule has 0 aliphatic carbocycles. The van der Waals surface area contributed by atoms with Crippen LogP contribution in [0.2, 0.25) is 0 Å². The smallest absolute Gasteiger partial charge is 0.339 e. The molecule has 0 saturated carbocycles. The predicted molar refractivity (Wildman–Crippen MR) is 86.7 cm³/mol. The van der Waals surface area contributed by atoms with Crippen LogP contribution in [-0.4, -0.2) is 28.9 Å². The second-order valence-electron chi connectivity index (χ2n) is 5.55. The summed E-state index contributed by atoms with van der Waals surface area (Å²) in [5, 5.41) is 9.17. The van der Waals surface area contributed by atoms with Crippen LogP contribution in [0.15, 0.2) is 34.7 Å². The van der Waals surface area contributed by atoms with Gasteiger partial charge in [-0.1, -0.05) is 31.2 Å². The molecule has 2 aromatic rings. The first-order valence-electron chi connectivity index (χ1n) is 7.55. The Morgan fingerprint density at radius 1 is 1.30 bits per heavy atom. The van der Waals surface area contributed by atoms with Crippen LogP contribution in [0.4, 0.5) is 0 Å². The fourth-order valence-electron chi connectivity index (χ4n) is 2.59. The number of nitrogens with zero attached hydrogens (tertiary/aromatic N) is 1. The molecule has 2 rings (SSSR count). The zero-order valence-electron chi connectivity index (χ0n) is 13.8. The number of benzene rings is 1. The van der Waals surface area contributed by atoms with E-state index in [0.29, 0.717) is 12.2 Å². The number of rotatable bonds is 5. The van der Waals surface area contributed by atoms with Gasteiger partial charge in [0.1, 0.15) is 11.3 Å². The second kappa shape index (κ2) is 6.69. The predicted octanol–water partition coefficient (Wildman–Crippen LogP) is 3.68. The van der Waals surface area contributed by atoms with Crippen LogP contribution < -0.4 is 0 Å². The van der Waals surface area contributed by atoms with Gasteiger partial charge < -0.3 is 14.4 Å². The maximum Gasteiger partial charge on any atom is 0.339 e. The molecule has 0 bridgehead atoms. The van der Waals surface area contributed by atoms with E-state index in [9.17, 15) is 9.59 Å². The Balaban J connectivity index is 2.29. The molecular formula is C18H21NO4. The summed E-state index contributed by atoms with van der Waals surface area (Å²) in [6.07, 6.45) is 0.423. The van der Waals surface area contributed by atoms with Crippen molar-refractivity contribution in [1.82, 2.24) is 4.90 Å². The van der Waals surface area contributed by atoms with E-state index in [1.807, 2.05) is 38.1 Å². The topological polar surface area (TPSA) is 70.8 Å². The molecule has 5 heteroatoms. The molecule has 1 aromatic heterocycles. The third-order valence-corrected chi connectivity index (χ3v) is 4.11. The van der Waals surface area contributed by atoms with Crippen molar-refractivity contribution in [1.29, 1.82) is 0 Å². The molecule has 1 unspecified atom stereocenters. The summed E-state index contributed by atoms with van der Waals surface area (Å²) >= 11 is 0. The lowest BCUT2D eigenvalue weighted by molar-refractivity contribution is 0.0689. The minimum absolute atomic E-state index is 0.0489. The maximum atomic E-state index is 12.6. The van der Waals surface area contributed by atoms with Crippen molar-refractivity contribution in [3.63, 3.8) is 0 Å². The summed E-state index contributed by atoms with van der Waals surface area (Å²) in [5.41, 5.74) is 2.19. The number of carboxylic acid groups (broad SMARTS) is 1. The standard InChI is InChI=1S/C18H21NO4/c1-5-15-14(18(21)22)10-16(23-15)17(20)19(4)12(3)13-9-7-6-8-11(13)2/h6-10,12H,5H2,1-4H3,(H,21,22). The number of amides is 1. The van der Waals surface area contributed by atoms with Crippen LogP contribution in [0.1, 0.15) is 57.7 Å². The first kappa shape index (κ1) is 16.8. The lowest BCUT2D eigenvalue weighted by Gasteiger charge is -2.25. The molecular weight excluding hydrogens is 294 g/mol. The summed E-state index contributed by atoms with van der Waals surface area (Å²) < 4.78 is 5.45. The van der Waals surface area contributed by atoms with Gasteiger partial charge in [0.2, 0.25) is 0 Å². The number of carboxylic acids is 1. The van der Waals surface area contributed by atoms with E-state index in [2.05, 4.69) is 0 Å². The minimum atomic E-state index is -1.08. The fraction of sp³-hybridized carbons (Fsp3) is 0.333. The Hall–Kier alpha value is -2.56. The minimum Gasteiger partial charge on any atom is -0.478 e. The molecule has 1 amide bonds. The number of aromatic carboxylic acids is 1. The van der Waals surface area contributed by atoms with Crippen molar-refractivity contribution in [3.05, 3.63) is 58.5 Å². The van der Waals surface area contributed by atoms with E-state index in [1.54, 1.807) is 18.9 Å². The van der Waals surface area contributed by atoms with Crippen molar-refractivity contribution in [2.24, 2.45) is 0 Å². The monoisotopic (exact) mass is 315 g/mol. The summed E-state index contributed by atoms with van der Waals surface area (Å²) in [6.45, 7) is 5.72. The molecule has 0 radical (unpaired) electrons. The van der Waals surface area contributed by atoms with Crippen LogP contribution in [0.3, 0.4) is 0 Å². The van der Waals surface area contributed by atoms with Crippen molar-refractivity contribution in [2.45, 2.75) is 33.2 Å². The van der Waals surface area contributed by atoms with E-state index < -0.39 is 5.97 Å². The number of carbonyl (C=O) groups excluding carboxylic acids is 1. The largest absolute Gasteiger partial charge is 0.478 e. The van der Waals surface area contributed by atoms with Gasteiger partial charge in [-0.05, 0) is 25.0 Å². The average Bonchev–Trinajstić information content (AvgIpc) is 2.98. The third-order valence-electron chi connectivity index (χ3n) is 4.11. The zero-order chi connectivity index (χ0) is 17.1. The molecule has 1 N–H and O–H groups in total. The maximum absolute atomic E-state index is 12.6. The Morgan fingerprint density at radius 3 is 2.48 bits per heavy atom. The van der Waals surface area contributed by atoms with Crippen molar-refractivity contribution in [3.8, 4) is 0 Å². The van der Waals surface area contributed by atoms with Crippen LogP contribution in [0.25, 0.3) is 0 Å². The second-order valence-corrected chi connectivity index (χ2v) is 5.55. The number of aryl methyl sites for hydroxylation is 2. The average molecular weight is 315 g/mol. The van der Waals surface area contributed by atoms with Crippen molar-refractivity contribution in [2.75, 3.05) is 7.05 Å². The number of hydrogen-bond donors (Lipinski definition) is 1. The van der Waals surface area contributed by atoms with E-state index in [-0.39, 0.29) is 23.3 Å². The molecule has 23 heavy (non-hydrogen) atoms. The number of furan rings is 1. The molecule has 0 fully saturated rings. The Labute approximate surface area is 135 Å². The first-order valence-corrected chi connectivity index (χ1v) is 7.55. The van der Waals surface area contributed by atoms with Crippen molar-refractivity contribution < 1.29 is 19.1 Å². The molecule has 0 aliphatic rings.